The van der Waals surface area contributed by atoms with Crippen LogP contribution in [0, 0.1) is 0 Å². The molecule has 3 nitrogen and oxygen atoms in total. The first-order valence-electron chi connectivity index (χ1n) is 4.17. The van der Waals surface area contributed by atoms with Crippen molar-refractivity contribution in [2.24, 2.45) is 0 Å². The molecule has 1 amide bonds. The third-order valence-electron chi connectivity index (χ3n) is 1.88. The highest BCUT2D eigenvalue weighted by atomic mass is 32.2. The number of carbonyl (C=O) groups is 1. The van der Waals surface area contributed by atoms with Gasteiger partial charge in [0.15, 0.2) is 0 Å². The fraction of sp³-hybridized carbons (Fsp3) is 0.875. The van der Waals surface area contributed by atoms with Gasteiger partial charge in [-0.25, -0.2) is 0 Å². The fourth-order valence-electron chi connectivity index (χ4n) is 1.13. The van der Waals surface area contributed by atoms with Gasteiger partial charge in [0.25, 0.3) is 0 Å². The summed E-state index contributed by atoms with van der Waals surface area (Å²) in [5.74, 6) is 1.32. The van der Waals surface area contributed by atoms with Crippen LogP contribution in [0.15, 0.2) is 0 Å². The Morgan fingerprint density at radius 2 is 2.33 bits per heavy atom. The smallest absolute Gasteiger partial charge is 0.224 e. The lowest BCUT2D eigenvalue weighted by Gasteiger charge is -2.14. The molecular formula is C8H16N2OS. The van der Waals surface area contributed by atoms with Crippen molar-refractivity contribution in [2.75, 3.05) is 19.8 Å². The van der Waals surface area contributed by atoms with Crippen molar-refractivity contribution in [2.45, 2.75) is 24.8 Å². The topological polar surface area (TPSA) is 32.3 Å². The Kier molecular flexibility index (Phi) is 3.40. The molecular weight excluding hydrogens is 172 g/mol. The SMILES string of the molecule is CC1CSC(CC(=O)N(C)C)N1. The van der Waals surface area contributed by atoms with Crippen LogP contribution in [0.25, 0.3) is 0 Å². The molecule has 12 heavy (non-hydrogen) atoms. The van der Waals surface area contributed by atoms with E-state index in [0.717, 1.165) is 5.75 Å². The summed E-state index contributed by atoms with van der Waals surface area (Å²) in [5.41, 5.74) is 0. The van der Waals surface area contributed by atoms with Gasteiger partial charge in [-0.1, -0.05) is 0 Å². The number of carbonyl (C=O) groups excluding carboxylic acids is 1. The van der Waals surface area contributed by atoms with E-state index >= 15 is 0 Å². The molecule has 4 heteroatoms. The van der Waals surface area contributed by atoms with Gasteiger partial charge in [0.05, 0.1) is 11.8 Å². The van der Waals surface area contributed by atoms with E-state index in [1.807, 2.05) is 11.8 Å². The molecule has 2 atom stereocenters. The van der Waals surface area contributed by atoms with E-state index in [2.05, 4.69) is 12.2 Å². The third kappa shape index (κ3) is 2.68. The number of amides is 1. The maximum atomic E-state index is 11.3. The summed E-state index contributed by atoms with van der Waals surface area (Å²) in [4.78, 5) is 12.9. The average molecular weight is 188 g/mol. The van der Waals surface area contributed by atoms with Gasteiger partial charge in [-0.15, -0.1) is 11.8 Å². The average Bonchev–Trinajstić information content (AvgIpc) is 2.35. The van der Waals surface area contributed by atoms with Gasteiger partial charge in [-0.05, 0) is 6.92 Å². The molecule has 1 aliphatic heterocycles. The zero-order chi connectivity index (χ0) is 9.14. The van der Waals surface area contributed by atoms with E-state index in [4.69, 9.17) is 0 Å². The van der Waals surface area contributed by atoms with Gasteiger partial charge in [-0.2, -0.15) is 0 Å². The second-order valence-electron chi connectivity index (χ2n) is 3.38. The van der Waals surface area contributed by atoms with E-state index in [0.29, 0.717) is 17.8 Å². The summed E-state index contributed by atoms with van der Waals surface area (Å²) in [5, 5.41) is 3.68. The molecule has 0 aromatic carbocycles. The lowest BCUT2D eigenvalue weighted by Crippen LogP contribution is -2.32. The first-order valence-corrected chi connectivity index (χ1v) is 5.22. The number of nitrogens with zero attached hydrogens (tertiary/aromatic N) is 1. The quantitative estimate of drug-likeness (QED) is 0.685. The highest BCUT2D eigenvalue weighted by Gasteiger charge is 2.23. The largest absolute Gasteiger partial charge is 0.349 e. The van der Waals surface area contributed by atoms with E-state index in [9.17, 15) is 4.79 Å². The lowest BCUT2D eigenvalue weighted by molar-refractivity contribution is -0.128. The minimum absolute atomic E-state index is 0.203. The second kappa shape index (κ2) is 4.14. The van der Waals surface area contributed by atoms with Crippen LogP contribution in [0.4, 0.5) is 0 Å². The first-order chi connectivity index (χ1) is 5.59. The van der Waals surface area contributed by atoms with Gasteiger partial charge < -0.3 is 10.2 Å². The van der Waals surface area contributed by atoms with Crippen LogP contribution >= 0.6 is 11.8 Å². The highest BCUT2D eigenvalue weighted by Crippen LogP contribution is 2.21. The summed E-state index contributed by atoms with van der Waals surface area (Å²) in [6.07, 6.45) is 0.613. The Morgan fingerprint density at radius 1 is 1.67 bits per heavy atom. The van der Waals surface area contributed by atoms with Gasteiger partial charge in [-0.3, -0.25) is 4.79 Å². The minimum Gasteiger partial charge on any atom is -0.349 e. The molecule has 0 spiro atoms. The Hall–Kier alpha value is -0.220. The van der Waals surface area contributed by atoms with Crippen LogP contribution in [0.1, 0.15) is 13.3 Å². The summed E-state index contributed by atoms with van der Waals surface area (Å²) in [6.45, 7) is 2.15. The fourth-order valence-corrected chi connectivity index (χ4v) is 2.34. The van der Waals surface area contributed by atoms with Crippen LogP contribution in [0.5, 0.6) is 0 Å². The van der Waals surface area contributed by atoms with Gasteiger partial charge in [0, 0.05) is 25.9 Å². The number of rotatable bonds is 2. The van der Waals surface area contributed by atoms with Crippen molar-refractivity contribution in [1.82, 2.24) is 10.2 Å². The van der Waals surface area contributed by atoms with E-state index in [-0.39, 0.29) is 5.91 Å². The minimum atomic E-state index is 0.203. The van der Waals surface area contributed by atoms with Crippen LogP contribution < -0.4 is 5.32 Å². The van der Waals surface area contributed by atoms with Crippen LogP contribution in [-0.4, -0.2) is 42.1 Å². The Labute approximate surface area is 77.9 Å². The van der Waals surface area contributed by atoms with Crippen molar-refractivity contribution < 1.29 is 4.79 Å². The Bertz CT molecular complexity index is 172. The molecule has 0 saturated carbocycles. The molecule has 0 bridgehead atoms. The zero-order valence-electron chi connectivity index (χ0n) is 7.83. The van der Waals surface area contributed by atoms with E-state index in [1.54, 1.807) is 19.0 Å². The molecule has 1 fully saturated rings. The molecule has 0 aromatic heterocycles. The van der Waals surface area contributed by atoms with Crippen molar-refractivity contribution in [3.05, 3.63) is 0 Å². The number of hydrogen-bond donors (Lipinski definition) is 1. The molecule has 1 saturated heterocycles. The molecule has 0 radical (unpaired) electrons. The van der Waals surface area contributed by atoms with E-state index < -0.39 is 0 Å². The van der Waals surface area contributed by atoms with Crippen molar-refractivity contribution in [3.8, 4) is 0 Å². The molecule has 0 aromatic rings. The maximum absolute atomic E-state index is 11.3. The standard InChI is InChI=1S/C8H16N2OS/c1-6-5-12-7(9-6)4-8(11)10(2)3/h6-7,9H,4-5H2,1-3H3. The highest BCUT2D eigenvalue weighted by molar-refractivity contribution is 8.00. The van der Waals surface area contributed by atoms with Crippen molar-refractivity contribution in [3.63, 3.8) is 0 Å². The number of hydrogen-bond acceptors (Lipinski definition) is 3. The Morgan fingerprint density at radius 3 is 2.75 bits per heavy atom. The number of nitrogens with one attached hydrogen (secondary N) is 1. The maximum Gasteiger partial charge on any atom is 0.224 e. The normalized spacial score (nSPS) is 28.9. The van der Waals surface area contributed by atoms with Gasteiger partial charge in [0.2, 0.25) is 5.91 Å². The predicted molar refractivity (Wildman–Crippen MR) is 52.2 cm³/mol. The second-order valence-corrected chi connectivity index (χ2v) is 4.62. The molecule has 1 N–H and O–H groups in total. The van der Waals surface area contributed by atoms with Gasteiger partial charge >= 0.3 is 0 Å². The number of thioether (sulfide) groups is 1. The summed E-state index contributed by atoms with van der Waals surface area (Å²) in [6, 6.07) is 0.551. The van der Waals surface area contributed by atoms with Crippen LogP contribution in [0.2, 0.25) is 0 Å². The molecule has 1 heterocycles. The monoisotopic (exact) mass is 188 g/mol. The zero-order valence-corrected chi connectivity index (χ0v) is 8.65. The molecule has 1 rings (SSSR count). The predicted octanol–water partition coefficient (Wildman–Crippen LogP) is 0.516. The molecule has 2 unspecified atom stereocenters. The van der Waals surface area contributed by atoms with Crippen molar-refractivity contribution in [1.29, 1.82) is 0 Å². The molecule has 1 aliphatic rings. The summed E-state index contributed by atoms with van der Waals surface area (Å²) >= 11 is 1.84. The molecule has 0 aliphatic carbocycles. The van der Waals surface area contributed by atoms with Crippen molar-refractivity contribution >= 4 is 17.7 Å². The van der Waals surface area contributed by atoms with E-state index in [1.165, 1.54) is 0 Å². The first kappa shape index (κ1) is 9.86. The summed E-state index contributed by atoms with van der Waals surface area (Å²) in [7, 11) is 3.59. The van der Waals surface area contributed by atoms with Gasteiger partial charge in [0.1, 0.15) is 0 Å². The van der Waals surface area contributed by atoms with Crippen LogP contribution in [0.3, 0.4) is 0 Å². The third-order valence-corrected chi connectivity index (χ3v) is 3.27. The molecule has 70 valence electrons. The Balaban J connectivity index is 2.28. The summed E-state index contributed by atoms with van der Waals surface area (Å²) < 4.78 is 0. The van der Waals surface area contributed by atoms with Crippen LogP contribution in [-0.2, 0) is 4.79 Å². The lowest BCUT2D eigenvalue weighted by atomic mass is 10.3.